The van der Waals surface area contributed by atoms with Crippen LogP contribution in [0, 0.1) is 5.82 Å². The number of aromatic nitrogens is 2. The summed E-state index contributed by atoms with van der Waals surface area (Å²) in [6.07, 6.45) is 1.56. The number of benzene rings is 1. The first kappa shape index (κ1) is 14.3. The molecule has 1 aliphatic rings. The first-order valence-corrected chi connectivity index (χ1v) is 7.82. The number of halogens is 1. The van der Waals surface area contributed by atoms with Crippen molar-refractivity contribution < 1.29 is 9.13 Å². The van der Waals surface area contributed by atoms with E-state index < -0.39 is 0 Å². The molecular formula is C15H16FN3OS. The van der Waals surface area contributed by atoms with Crippen molar-refractivity contribution in [2.45, 2.75) is 10.8 Å². The normalized spacial score (nSPS) is 15.2. The van der Waals surface area contributed by atoms with Crippen LogP contribution in [0.15, 0.2) is 41.7 Å². The maximum absolute atomic E-state index is 13.6. The minimum Gasteiger partial charge on any atom is -0.378 e. The molecule has 0 saturated carbocycles. The van der Waals surface area contributed by atoms with Gasteiger partial charge in [-0.2, -0.15) is 0 Å². The van der Waals surface area contributed by atoms with Crippen molar-refractivity contribution in [2.75, 3.05) is 31.2 Å². The van der Waals surface area contributed by atoms with Crippen LogP contribution in [0.3, 0.4) is 0 Å². The van der Waals surface area contributed by atoms with E-state index in [2.05, 4.69) is 14.9 Å². The lowest BCUT2D eigenvalue weighted by Gasteiger charge is -2.27. The molecule has 2 aromatic rings. The molecule has 0 atom stereocenters. The lowest BCUT2D eigenvalue weighted by molar-refractivity contribution is 0.122. The maximum Gasteiger partial charge on any atom is 0.133 e. The van der Waals surface area contributed by atoms with Crippen LogP contribution in [0.25, 0.3) is 0 Å². The van der Waals surface area contributed by atoms with Crippen LogP contribution in [0.1, 0.15) is 5.56 Å². The van der Waals surface area contributed by atoms with Gasteiger partial charge in [0.25, 0.3) is 0 Å². The fourth-order valence-electron chi connectivity index (χ4n) is 2.14. The number of anilines is 1. The highest BCUT2D eigenvalue weighted by atomic mass is 32.2. The Labute approximate surface area is 127 Å². The Hall–Kier alpha value is -1.66. The molecule has 1 aliphatic heterocycles. The molecule has 1 saturated heterocycles. The molecule has 1 fully saturated rings. The molecule has 21 heavy (non-hydrogen) atoms. The number of thioether (sulfide) groups is 1. The first-order valence-electron chi connectivity index (χ1n) is 6.84. The summed E-state index contributed by atoms with van der Waals surface area (Å²) in [5.74, 6) is 1.29. The third-order valence-corrected chi connectivity index (χ3v) is 4.27. The van der Waals surface area contributed by atoms with Crippen molar-refractivity contribution >= 4 is 17.6 Å². The summed E-state index contributed by atoms with van der Waals surface area (Å²) in [6.45, 7) is 3.13. The Kier molecular flexibility index (Phi) is 4.67. The lowest BCUT2D eigenvalue weighted by Crippen LogP contribution is -2.36. The molecule has 0 N–H and O–H groups in total. The third-order valence-electron chi connectivity index (χ3n) is 3.30. The number of nitrogens with zero attached hydrogens (tertiary/aromatic N) is 3. The number of hydrogen-bond acceptors (Lipinski definition) is 5. The molecule has 0 bridgehead atoms. The minimum absolute atomic E-state index is 0.174. The van der Waals surface area contributed by atoms with Gasteiger partial charge in [-0.25, -0.2) is 14.4 Å². The highest BCUT2D eigenvalue weighted by Gasteiger charge is 2.13. The number of ether oxygens (including phenoxy) is 1. The van der Waals surface area contributed by atoms with Crippen LogP contribution in [-0.2, 0) is 10.5 Å². The molecule has 3 rings (SSSR count). The smallest absolute Gasteiger partial charge is 0.133 e. The van der Waals surface area contributed by atoms with Crippen molar-refractivity contribution in [1.29, 1.82) is 0 Å². The molecule has 1 aromatic heterocycles. The monoisotopic (exact) mass is 305 g/mol. The van der Waals surface area contributed by atoms with Crippen LogP contribution in [0.5, 0.6) is 0 Å². The quantitative estimate of drug-likeness (QED) is 0.641. The minimum atomic E-state index is -0.174. The van der Waals surface area contributed by atoms with E-state index in [-0.39, 0.29) is 5.82 Å². The van der Waals surface area contributed by atoms with Crippen LogP contribution >= 0.6 is 11.8 Å². The predicted molar refractivity (Wildman–Crippen MR) is 81.0 cm³/mol. The highest BCUT2D eigenvalue weighted by Crippen LogP contribution is 2.24. The lowest BCUT2D eigenvalue weighted by atomic mass is 10.2. The molecule has 6 heteroatoms. The van der Waals surface area contributed by atoms with Crippen molar-refractivity contribution in [3.63, 3.8) is 0 Å². The summed E-state index contributed by atoms with van der Waals surface area (Å²) in [5, 5.41) is 0.856. The van der Waals surface area contributed by atoms with Gasteiger partial charge >= 0.3 is 0 Å². The molecule has 0 unspecified atom stereocenters. The Morgan fingerprint density at radius 1 is 1.19 bits per heavy atom. The van der Waals surface area contributed by atoms with Gasteiger partial charge < -0.3 is 9.64 Å². The van der Waals surface area contributed by atoms with Gasteiger partial charge in [0, 0.05) is 24.9 Å². The second-order valence-corrected chi connectivity index (χ2v) is 5.69. The van der Waals surface area contributed by atoms with E-state index in [1.807, 2.05) is 12.1 Å². The second kappa shape index (κ2) is 6.87. The van der Waals surface area contributed by atoms with Gasteiger partial charge in [-0.1, -0.05) is 18.2 Å². The van der Waals surface area contributed by atoms with Gasteiger partial charge in [-0.3, -0.25) is 0 Å². The van der Waals surface area contributed by atoms with Crippen LogP contribution in [0.4, 0.5) is 10.2 Å². The van der Waals surface area contributed by atoms with E-state index in [1.165, 1.54) is 17.8 Å². The zero-order valence-electron chi connectivity index (χ0n) is 11.5. The topological polar surface area (TPSA) is 38.2 Å². The molecule has 0 radical (unpaired) electrons. The largest absolute Gasteiger partial charge is 0.378 e. The predicted octanol–water partition coefficient (Wildman–Crippen LogP) is 2.74. The van der Waals surface area contributed by atoms with Gasteiger partial charge in [-0.05, 0) is 11.6 Å². The molecule has 4 nitrogen and oxygen atoms in total. The summed E-state index contributed by atoms with van der Waals surface area (Å²) in [4.78, 5) is 10.7. The van der Waals surface area contributed by atoms with Crippen LogP contribution < -0.4 is 4.90 Å². The van der Waals surface area contributed by atoms with Crippen molar-refractivity contribution in [3.05, 3.63) is 48.0 Å². The third kappa shape index (κ3) is 3.71. The molecule has 110 valence electrons. The molecule has 0 amide bonds. The van der Waals surface area contributed by atoms with E-state index in [0.29, 0.717) is 11.3 Å². The summed E-state index contributed by atoms with van der Waals surface area (Å²) in [6, 6.07) is 8.78. The fraction of sp³-hybridized carbons (Fsp3) is 0.333. The molecule has 0 spiro atoms. The van der Waals surface area contributed by atoms with E-state index in [0.717, 1.165) is 37.1 Å². The molecule has 2 heterocycles. The van der Waals surface area contributed by atoms with Gasteiger partial charge in [0.1, 0.15) is 23.0 Å². The summed E-state index contributed by atoms with van der Waals surface area (Å²) in [7, 11) is 0. The van der Waals surface area contributed by atoms with Gasteiger partial charge in [0.15, 0.2) is 0 Å². The van der Waals surface area contributed by atoms with Crippen molar-refractivity contribution in [1.82, 2.24) is 9.97 Å². The Balaban J connectivity index is 1.67. The molecular weight excluding hydrogens is 289 g/mol. The van der Waals surface area contributed by atoms with Gasteiger partial charge in [0.05, 0.1) is 13.2 Å². The summed E-state index contributed by atoms with van der Waals surface area (Å²) < 4.78 is 18.9. The number of rotatable bonds is 4. The second-order valence-electron chi connectivity index (χ2n) is 4.69. The zero-order valence-corrected chi connectivity index (χ0v) is 12.4. The summed E-state index contributed by atoms with van der Waals surface area (Å²) in [5.41, 5.74) is 0.689. The number of morpholine rings is 1. The summed E-state index contributed by atoms with van der Waals surface area (Å²) >= 11 is 1.52. The molecule has 1 aromatic carbocycles. The Morgan fingerprint density at radius 2 is 2.00 bits per heavy atom. The molecule has 0 aliphatic carbocycles. The maximum atomic E-state index is 13.6. The number of hydrogen-bond donors (Lipinski definition) is 0. The zero-order chi connectivity index (χ0) is 14.5. The van der Waals surface area contributed by atoms with Crippen molar-refractivity contribution in [3.8, 4) is 0 Å². The average Bonchev–Trinajstić information content (AvgIpc) is 2.55. The standard InChI is InChI=1S/C15H16FN3OS/c16-13-4-2-1-3-12(13)10-21-15-9-14(17-11-18-15)19-5-7-20-8-6-19/h1-4,9,11H,5-8,10H2. The highest BCUT2D eigenvalue weighted by molar-refractivity contribution is 7.98. The van der Waals surface area contributed by atoms with Crippen LogP contribution in [0.2, 0.25) is 0 Å². The first-order chi connectivity index (χ1) is 10.3. The van der Waals surface area contributed by atoms with Crippen LogP contribution in [-0.4, -0.2) is 36.3 Å². The van der Waals surface area contributed by atoms with Gasteiger partial charge in [-0.15, -0.1) is 11.8 Å². The van der Waals surface area contributed by atoms with E-state index >= 15 is 0 Å². The van der Waals surface area contributed by atoms with E-state index in [1.54, 1.807) is 18.5 Å². The van der Waals surface area contributed by atoms with E-state index in [9.17, 15) is 4.39 Å². The Bertz CT molecular complexity index is 605. The van der Waals surface area contributed by atoms with Gasteiger partial charge in [0.2, 0.25) is 0 Å². The van der Waals surface area contributed by atoms with E-state index in [4.69, 9.17) is 4.74 Å². The van der Waals surface area contributed by atoms with Crippen molar-refractivity contribution in [2.24, 2.45) is 0 Å². The Morgan fingerprint density at radius 3 is 2.81 bits per heavy atom. The SMILES string of the molecule is Fc1ccccc1CSc1cc(N2CCOCC2)ncn1. The fourth-order valence-corrected chi connectivity index (χ4v) is 2.99. The average molecular weight is 305 g/mol.